The van der Waals surface area contributed by atoms with E-state index in [2.05, 4.69) is 68.7 Å². The monoisotopic (exact) mass is 572 g/mol. The Hall–Kier alpha value is -2.43. The number of halogens is 1. The maximum Gasteiger partial charge on any atom is 0.269 e. The first-order valence-corrected chi connectivity index (χ1v) is 13.4. The van der Waals surface area contributed by atoms with E-state index in [1.807, 2.05) is 13.0 Å². The van der Waals surface area contributed by atoms with Crippen molar-refractivity contribution >= 4 is 49.3 Å². The van der Waals surface area contributed by atoms with Crippen LogP contribution in [0.1, 0.15) is 5.56 Å². The molecule has 6 nitrogen and oxygen atoms in total. The maximum absolute atomic E-state index is 13.2. The van der Waals surface area contributed by atoms with Gasteiger partial charge >= 0.3 is 0 Å². The molecule has 170 valence electrons. The molecule has 2 aromatic heterocycles. The molecule has 5 rings (SSSR count). The summed E-state index contributed by atoms with van der Waals surface area (Å²) in [4.78, 5) is 9.58. The molecular formula is C25H25IN4O2S. The number of likely N-dealkylation sites (N-methyl/N-ethyl adjacent to an activating group) is 1. The summed E-state index contributed by atoms with van der Waals surface area (Å²) in [5, 5.41) is 0.826. The second kappa shape index (κ2) is 8.73. The number of benzene rings is 2. The molecule has 0 saturated carbocycles. The number of hydrogen-bond donors (Lipinski definition) is 0. The Balaban J connectivity index is 1.47. The maximum atomic E-state index is 13.2. The minimum Gasteiger partial charge on any atom is -0.369 e. The van der Waals surface area contributed by atoms with Crippen LogP contribution in [-0.4, -0.2) is 55.5 Å². The van der Waals surface area contributed by atoms with Crippen LogP contribution in [0.3, 0.4) is 0 Å². The Labute approximate surface area is 208 Å². The van der Waals surface area contributed by atoms with Crippen LogP contribution in [0.25, 0.3) is 22.2 Å². The van der Waals surface area contributed by atoms with Crippen LogP contribution in [0.5, 0.6) is 0 Å². The predicted octanol–water partition coefficient (Wildman–Crippen LogP) is 4.61. The van der Waals surface area contributed by atoms with Gasteiger partial charge in [0.15, 0.2) is 5.65 Å². The highest BCUT2D eigenvalue weighted by Crippen LogP contribution is 2.30. The van der Waals surface area contributed by atoms with Gasteiger partial charge in [-0.05, 0) is 72.5 Å². The molecule has 2 aromatic carbocycles. The van der Waals surface area contributed by atoms with Crippen molar-refractivity contribution < 1.29 is 8.42 Å². The van der Waals surface area contributed by atoms with Crippen molar-refractivity contribution in [3.8, 4) is 11.1 Å². The highest BCUT2D eigenvalue weighted by Gasteiger charge is 2.22. The van der Waals surface area contributed by atoms with Crippen molar-refractivity contribution in [2.75, 3.05) is 38.1 Å². The van der Waals surface area contributed by atoms with Gasteiger partial charge in [-0.2, -0.15) is 0 Å². The summed E-state index contributed by atoms with van der Waals surface area (Å²) in [5.74, 6) is 0. The number of nitrogens with zero attached hydrogens (tertiary/aromatic N) is 4. The number of hydrogen-bond acceptors (Lipinski definition) is 5. The van der Waals surface area contributed by atoms with Crippen LogP contribution in [0.4, 0.5) is 5.69 Å². The Kier molecular flexibility index (Phi) is 5.92. The van der Waals surface area contributed by atoms with Crippen LogP contribution >= 0.6 is 22.6 Å². The number of aromatic nitrogens is 2. The van der Waals surface area contributed by atoms with Crippen LogP contribution in [0.2, 0.25) is 0 Å². The van der Waals surface area contributed by atoms with Crippen LogP contribution in [0.15, 0.2) is 71.9 Å². The fourth-order valence-corrected chi connectivity index (χ4v) is 6.33. The van der Waals surface area contributed by atoms with Gasteiger partial charge in [-0.15, -0.1) is 0 Å². The summed E-state index contributed by atoms with van der Waals surface area (Å²) in [7, 11) is -1.56. The summed E-state index contributed by atoms with van der Waals surface area (Å²) in [6.07, 6.45) is 3.40. The quantitative estimate of drug-likeness (QED) is 0.335. The van der Waals surface area contributed by atoms with Gasteiger partial charge in [0.2, 0.25) is 0 Å². The van der Waals surface area contributed by atoms with E-state index in [0.29, 0.717) is 5.65 Å². The largest absolute Gasteiger partial charge is 0.369 e. The van der Waals surface area contributed by atoms with Crippen molar-refractivity contribution in [3.63, 3.8) is 0 Å². The van der Waals surface area contributed by atoms with Gasteiger partial charge in [-0.3, -0.25) is 0 Å². The first-order valence-electron chi connectivity index (χ1n) is 10.9. The first kappa shape index (κ1) is 22.4. The van der Waals surface area contributed by atoms with Gasteiger partial charge in [0.1, 0.15) is 0 Å². The molecule has 0 atom stereocenters. The van der Waals surface area contributed by atoms with E-state index in [0.717, 1.165) is 51.8 Å². The van der Waals surface area contributed by atoms with E-state index < -0.39 is 10.0 Å². The van der Waals surface area contributed by atoms with E-state index in [9.17, 15) is 8.42 Å². The normalized spacial score (nSPS) is 15.3. The summed E-state index contributed by atoms with van der Waals surface area (Å²) >= 11 is 2.18. The Morgan fingerprint density at radius 1 is 0.909 bits per heavy atom. The third-order valence-electron chi connectivity index (χ3n) is 6.21. The van der Waals surface area contributed by atoms with Crippen LogP contribution in [-0.2, 0) is 10.0 Å². The van der Waals surface area contributed by atoms with Crippen LogP contribution < -0.4 is 4.90 Å². The van der Waals surface area contributed by atoms with Gasteiger partial charge in [-0.1, -0.05) is 29.8 Å². The zero-order chi connectivity index (χ0) is 23.2. The average molecular weight is 572 g/mol. The molecule has 1 aliphatic heterocycles. The molecule has 4 aromatic rings. The van der Waals surface area contributed by atoms with Gasteiger partial charge in [0, 0.05) is 58.8 Å². The topological polar surface area (TPSA) is 58.4 Å². The Morgan fingerprint density at radius 2 is 1.58 bits per heavy atom. The lowest BCUT2D eigenvalue weighted by Gasteiger charge is -2.34. The molecule has 1 aliphatic rings. The van der Waals surface area contributed by atoms with Gasteiger partial charge in [0.25, 0.3) is 10.0 Å². The van der Waals surface area contributed by atoms with Crippen molar-refractivity contribution in [3.05, 3.63) is 76.1 Å². The van der Waals surface area contributed by atoms with Crippen molar-refractivity contribution in [1.82, 2.24) is 13.9 Å². The zero-order valence-electron chi connectivity index (χ0n) is 18.6. The van der Waals surface area contributed by atoms with Gasteiger partial charge in [-0.25, -0.2) is 17.4 Å². The first-order chi connectivity index (χ1) is 15.8. The van der Waals surface area contributed by atoms with Crippen molar-refractivity contribution in [1.29, 1.82) is 0 Å². The number of pyridine rings is 1. The summed E-state index contributed by atoms with van der Waals surface area (Å²) < 4.78 is 28.6. The predicted molar refractivity (Wildman–Crippen MR) is 141 cm³/mol. The van der Waals surface area contributed by atoms with Crippen LogP contribution in [0, 0.1) is 10.5 Å². The van der Waals surface area contributed by atoms with E-state index in [1.54, 1.807) is 36.7 Å². The second-order valence-corrected chi connectivity index (χ2v) is 11.5. The van der Waals surface area contributed by atoms with E-state index in [1.165, 1.54) is 9.66 Å². The number of piperazine rings is 1. The summed E-state index contributed by atoms with van der Waals surface area (Å²) in [6, 6.07) is 17.5. The molecule has 0 aliphatic carbocycles. The number of fused-ring (bicyclic) bond motifs is 1. The smallest absolute Gasteiger partial charge is 0.269 e. The number of rotatable bonds is 4. The Morgan fingerprint density at radius 3 is 2.24 bits per heavy atom. The summed E-state index contributed by atoms with van der Waals surface area (Å²) in [5.41, 5.74) is 4.72. The second-order valence-electron chi connectivity index (χ2n) is 8.52. The standard InChI is InChI=1S/C25H25IN4O2S/c1-18-3-9-22(10-4-18)33(31,32)30-17-24(26)23-15-20(16-27-25(23)30)19-5-7-21(8-6-19)29-13-11-28(2)12-14-29/h3-10,15-17H,11-14H2,1-2H3. The third-order valence-corrected chi connectivity index (χ3v) is 8.73. The lowest BCUT2D eigenvalue weighted by Crippen LogP contribution is -2.44. The molecule has 1 fully saturated rings. The Bertz CT molecular complexity index is 1410. The molecule has 1 saturated heterocycles. The summed E-state index contributed by atoms with van der Waals surface area (Å²) in [6.45, 7) is 6.15. The fourth-order valence-electron chi connectivity index (χ4n) is 4.14. The SMILES string of the molecule is Cc1ccc(S(=O)(=O)n2cc(I)c3cc(-c4ccc(N5CCN(C)CC5)cc4)cnc32)cc1. The highest BCUT2D eigenvalue weighted by atomic mass is 127. The zero-order valence-corrected chi connectivity index (χ0v) is 21.5. The van der Waals surface area contributed by atoms with Crippen molar-refractivity contribution in [2.45, 2.75) is 11.8 Å². The van der Waals surface area contributed by atoms with E-state index >= 15 is 0 Å². The minimum atomic E-state index is -3.72. The number of aryl methyl sites for hydroxylation is 1. The molecule has 0 bridgehead atoms. The highest BCUT2D eigenvalue weighted by molar-refractivity contribution is 14.1. The third kappa shape index (κ3) is 4.27. The van der Waals surface area contributed by atoms with Gasteiger partial charge < -0.3 is 9.80 Å². The lowest BCUT2D eigenvalue weighted by atomic mass is 10.1. The molecule has 8 heteroatoms. The lowest BCUT2D eigenvalue weighted by molar-refractivity contribution is 0.313. The minimum absolute atomic E-state index is 0.256. The molecule has 33 heavy (non-hydrogen) atoms. The molecule has 3 heterocycles. The van der Waals surface area contributed by atoms with E-state index in [-0.39, 0.29) is 4.90 Å². The molecule has 0 radical (unpaired) electrons. The molecular weight excluding hydrogens is 547 g/mol. The van der Waals surface area contributed by atoms with E-state index in [4.69, 9.17) is 0 Å². The molecule has 0 unspecified atom stereocenters. The number of anilines is 1. The van der Waals surface area contributed by atoms with Crippen molar-refractivity contribution in [2.24, 2.45) is 0 Å². The molecule has 0 spiro atoms. The molecule has 0 amide bonds. The molecule has 0 N–H and O–H groups in total. The average Bonchev–Trinajstić information content (AvgIpc) is 3.17. The van der Waals surface area contributed by atoms with Gasteiger partial charge in [0.05, 0.1) is 4.90 Å². The fraction of sp³-hybridized carbons (Fsp3) is 0.240.